The zero-order chi connectivity index (χ0) is 12.4. The van der Waals surface area contributed by atoms with Crippen LogP contribution in [0.15, 0.2) is 24.3 Å². The lowest BCUT2D eigenvalue weighted by atomic mass is 10.0. The summed E-state index contributed by atoms with van der Waals surface area (Å²) >= 11 is 0. The molecule has 1 aliphatic heterocycles. The van der Waals surface area contributed by atoms with E-state index in [1.54, 1.807) is 24.1 Å². The van der Waals surface area contributed by atoms with E-state index in [0.717, 1.165) is 18.7 Å². The molecular formula is C13H17FN2O. The predicted molar refractivity (Wildman–Crippen MR) is 64.0 cm³/mol. The third kappa shape index (κ3) is 2.75. The molecule has 0 aromatic heterocycles. The van der Waals surface area contributed by atoms with Crippen LogP contribution >= 0.6 is 0 Å². The first-order valence-electron chi connectivity index (χ1n) is 5.80. The highest BCUT2D eigenvalue weighted by molar-refractivity contribution is 5.75. The van der Waals surface area contributed by atoms with Crippen LogP contribution in [0.4, 0.5) is 9.18 Å². The topological polar surface area (TPSA) is 23.6 Å². The minimum absolute atomic E-state index is 0.0485. The van der Waals surface area contributed by atoms with Gasteiger partial charge in [-0.1, -0.05) is 19.1 Å². The van der Waals surface area contributed by atoms with E-state index in [1.807, 2.05) is 4.90 Å². The second kappa shape index (κ2) is 4.73. The molecule has 0 bridgehead atoms. The van der Waals surface area contributed by atoms with Crippen molar-refractivity contribution in [2.24, 2.45) is 5.92 Å². The molecule has 1 fully saturated rings. The second-order valence-electron chi connectivity index (χ2n) is 4.78. The summed E-state index contributed by atoms with van der Waals surface area (Å²) in [5.41, 5.74) is 0.941. The van der Waals surface area contributed by atoms with Crippen LogP contribution in [-0.4, -0.2) is 36.0 Å². The number of rotatable bonds is 2. The normalized spacial score (nSPS) is 15.6. The number of urea groups is 1. The molecule has 4 heteroatoms. The Labute approximate surface area is 101 Å². The molecular weight excluding hydrogens is 219 g/mol. The Morgan fingerprint density at radius 1 is 1.41 bits per heavy atom. The number of carbonyl (C=O) groups is 1. The highest BCUT2D eigenvalue weighted by Gasteiger charge is 2.28. The molecule has 92 valence electrons. The highest BCUT2D eigenvalue weighted by atomic mass is 19.1. The van der Waals surface area contributed by atoms with Gasteiger partial charge in [0.1, 0.15) is 5.82 Å². The standard InChI is InChI=1S/C13H17FN2O/c1-10-7-16(8-10)13(17)15(2)9-11-3-5-12(14)6-4-11/h3-6,10H,7-9H2,1-2H3. The number of carbonyl (C=O) groups excluding carboxylic acids is 1. The van der Waals surface area contributed by atoms with E-state index in [9.17, 15) is 9.18 Å². The molecule has 0 N–H and O–H groups in total. The monoisotopic (exact) mass is 236 g/mol. The number of nitrogens with zero attached hydrogens (tertiary/aromatic N) is 2. The maximum atomic E-state index is 12.7. The van der Waals surface area contributed by atoms with Crippen LogP contribution in [0.1, 0.15) is 12.5 Å². The van der Waals surface area contributed by atoms with Crippen molar-refractivity contribution in [1.82, 2.24) is 9.80 Å². The summed E-state index contributed by atoms with van der Waals surface area (Å²) < 4.78 is 12.7. The minimum atomic E-state index is -0.251. The number of hydrogen-bond donors (Lipinski definition) is 0. The molecule has 0 aliphatic carbocycles. The van der Waals surface area contributed by atoms with Crippen molar-refractivity contribution in [3.63, 3.8) is 0 Å². The maximum absolute atomic E-state index is 12.7. The number of amides is 2. The molecule has 0 radical (unpaired) electrons. The van der Waals surface area contributed by atoms with Gasteiger partial charge in [-0.2, -0.15) is 0 Å². The number of hydrogen-bond acceptors (Lipinski definition) is 1. The maximum Gasteiger partial charge on any atom is 0.320 e. The quantitative estimate of drug-likeness (QED) is 0.773. The van der Waals surface area contributed by atoms with Gasteiger partial charge >= 0.3 is 6.03 Å². The van der Waals surface area contributed by atoms with Gasteiger partial charge in [0.15, 0.2) is 0 Å². The molecule has 0 unspecified atom stereocenters. The van der Waals surface area contributed by atoms with Crippen molar-refractivity contribution in [3.05, 3.63) is 35.6 Å². The molecule has 17 heavy (non-hydrogen) atoms. The van der Waals surface area contributed by atoms with Gasteiger partial charge < -0.3 is 9.80 Å². The predicted octanol–water partition coefficient (Wildman–Crippen LogP) is 2.33. The van der Waals surface area contributed by atoms with E-state index < -0.39 is 0 Å². The number of halogens is 1. The van der Waals surface area contributed by atoms with Crippen LogP contribution in [0.5, 0.6) is 0 Å². The van der Waals surface area contributed by atoms with E-state index in [1.165, 1.54) is 12.1 Å². The van der Waals surface area contributed by atoms with E-state index >= 15 is 0 Å². The van der Waals surface area contributed by atoms with Crippen molar-refractivity contribution < 1.29 is 9.18 Å². The molecule has 0 spiro atoms. The minimum Gasteiger partial charge on any atom is -0.324 e. The zero-order valence-electron chi connectivity index (χ0n) is 10.2. The average molecular weight is 236 g/mol. The molecule has 1 aliphatic rings. The van der Waals surface area contributed by atoms with Gasteiger partial charge in [-0.15, -0.1) is 0 Å². The third-order valence-electron chi connectivity index (χ3n) is 2.99. The number of benzene rings is 1. The average Bonchev–Trinajstić information content (AvgIpc) is 2.27. The summed E-state index contributed by atoms with van der Waals surface area (Å²) in [6, 6.07) is 6.29. The fourth-order valence-electron chi connectivity index (χ4n) is 2.03. The number of likely N-dealkylation sites (tertiary alicyclic amines) is 1. The summed E-state index contributed by atoms with van der Waals surface area (Å²) in [5, 5.41) is 0. The summed E-state index contributed by atoms with van der Waals surface area (Å²) in [7, 11) is 1.77. The van der Waals surface area contributed by atoms with Crippen LogP contribution in [0.3, 0.4) is 0 Å². The van der Waals surface area contributed by atoms with E-state index in [0.29, 0.717) is 12.5 Å². The van der Waals surface area contributed by atoms with E-state index in [-0.39, 0.29) is 11.8 Å². The lowest BCUT2D eigenvalue weighted by Crippen LogP contribution is -2.52. The first kappa shape index (κ1) is 11.9. The van der Waals surface area contributed by atoms with Crippen LogP contribution in [0, 0.1) is 11.7 Å². The molecule has 1 aromatic rings. The lowest BCUT2D eigenvalue weighted by molar-refractivity contribution is 0.102. The van der Waals surface area contributed by atoms with Crippen LogP contribution < -0.4 is 0 Å². The van der Waals surface area contributed by atoms with Crippen molar-refractivity contribution in [2.75, 3.05) is 20.1 Å². The second-order valence-corrected chi connectivity index (χ2v) is 4.78. The van der Waals surface area contributed by atoms with Gasteiger partial charge in [0.05, 0.1) is 0 Å². The lowest BCUT2D eigenvalue weighted by Gasteiger charge is -2.39. The van der Waals surface area contributed by atoms with Crippen LogP contribution in [-0.2, 0) is 6.54 Å². The largest absolute Gasteiger partial charge is 0.324 e. The molecule has 0 atom stereocenters. The van der Waals surface area contributed by atoms with Crippen LogP contribution in [0.25, 0.3) is 0 Å². The van der Waals surface area contributed by atoms with E-state index in [4.69, 9.17) is 0 Å². The van der Waals surface area contributed by atoms with Gasteiger partial charge in [0, 0.05) is 26.7 Å². The Balaban J connectivity index is 1.90. The van der Waals surface area contributed by atoms with Crippen molar-refractivity contribution >= 4 is 6.03 Å². The highest BCUT2D eigenvalue weighted by Crippen LogP contribution is 2.17. The van der Waals surface area contributed by atoms with E-state index in [2.05, 4.69) is 6.92 Å². The van der Waals surface area contributed by atoms with Gasteiger partial charge in [-0.25, -0.2) is 9.18 Å². The molecule has 3 nitrogen and oxygen atoms in total. The van der Waals surface area contributed by atoms with Crippen molar-refractivity contribution in [3.8, 4) is 0 Å². The van der Waals surface area contributed by atoms with Gasteiger partial charge in [-0.05, 0) is 23.6 Å². The molecule has 2 rings (SSSR count). The molecule has 2 amide bonds. The van der Waals surface area contributed by atoms with Crippen molar-refractivity contribution in [2.45, 2.75) is 13.5 Å². The fourth-order valence-corrected chi connectivity index (χ4v) is 2.03. The first-order chi connectivity index (χ1) is 8.06. The van der Waals surface area contributed by atoms with Gasteiger partial charge in [0.2, 0.25) is 0 Å². The smallest absolute Gasteiger partial charge is 0.320 e. The zero-order valence-corrected chi connectivity index (χ0v) is 10.2. The SMILES string of the molecule is CC1CN(C(=O)N(C)Cc2ccc(F)cc2)C1. The summed E-state index contributed by atoms with van der Waals surface area (Å²) in [6.07, 6.45) is 0. The Morgan fingerprint density at radius 2 is 2.00 bits per heavy atom. The first-order valence-corrected chi connectivity index (χ1v) is 5.80. The molecule has 1 aromatic carbocycles. The van der Waals surface area contributed by atoms with Gasteiger partial charge in [0.25, 0.3) is 0 Å². The third-order valence-corrected chi connectivity index (χ3v) is 2.99. The van der Waals surface area contributed by atoms with Crippen molar-refractivity contribution in [1.29, 1.82) is 0 Å². The Hall–Kier alpha value is -1.58. The van der Waals surface area contributed by atoms with Crippen LogP contribution in [0.2, 0.25) is 0 Å². The Bertz CT molecular complexity index is 398. The fraction of sp³-hybridized carbons (Fsp3) is 0.462. The Morgan fingerprint density at radius 3 is 2.53 bits per heavy atom. The Kier molecular flexibility index (Phi) is 3.31. The molecule has 1 saturated heterocycles. The molecule has 0 saturated carbocycles. The van der Waals surface area contributed by atoms with Gasteiger partial charge in [-0.3, -0.25) is 0 Å². The summed E-state index contributed by atoms with van der Waals surface area (Å²) in [6.45, 7) is 4.33. The summed E-state index contributed by atoms with van der Waals surface area (Å²) in [5.74, 6) is 0.359. The molecule has 1 heterocycles. The summed E-state index contributed by atoms with van der Waals surface area (Å²) in [4.78, 5) is 15.4.